The van der Waals surface area contributed by atoms with Crippen molar-refractivity contribution >= 4 is 11.6 Å². The van der Waals surface area contributed by atoms with Gasteiger partial charge in [-0.1, -0.05) is 30.7 Å². The van der Waals surface area contributed by atoms with Crippen LogP contribution in [0.2, 0.25) is 0 Å². The minimum absolute atomic E-state index is 0.107. The lowest BCUT2D eigenvalue weighted by molar-refractivity contribution is -0.117. The van der Waals surface area contributed by atoms with Crippen molar-refractivity contribution in [3.63, 3.8) is 0 Å². The summed E-state index contributed by atoms with van der Waals surface area (Å²) in [6.45, 7) is 0.346. The average Bonchev–Trinajstić information content (AvgIpc) is 2.89. The molecule has 1 aliphatic carbocycles. The number of hydrogen-bond donors (Lipinski definition) is 2. The quantitative estimate of drug-likeness (QED) is 0.816. The first-order valence-electron chi connectivity index (χ1n) is 6.87. The molecule has 0 atom stereocenters. The van der Waals surface area contributed by atoms with Gasteiger partial charge in [-0.05, 0) is 37.0 Å². The standard InChI is InChI=1S/C16H20N2O/c17-10-4-8-13-7-3-9-15(11-13)18-16(19)12-14-5-1-2-6-14/h3,7,9,11,14H,1-2,5-6,10,12,17H2,(H,18,19). The zero-order chi connectivity index (χ0) is 13.5. The first kappa shape index (κ1) is 13.6. The van der Waals surface area contributed by atoms with Crippen LogP contribution in [0, 0.1) is 17.8 Å². The predicted molar refractivity (Wildman–Crippen MR) is 77.6 cm³/mol. The Morgan fingerprint density at radius 3 is 2.89 bits per heavy atom. The molecule has 100 valence electrons. The van der Waals surface area contributed by atoms with Gasteiger partial charge >= 0.3 is 0 Å². The molecule has 0 radical (unpaired) electrons. The van der Waals surface area contributed by atoms with Crippen molar-refractivity contribution in [1.82, 2.24) is 0 Å². The van der Waals surface area contributed by atoms with Gasteiger partial charge in [0.25, 0.3) is 0 Å². The highest BCUT2D eigenvalue weighted by molar-refractivity contribution is 5.91. The molecule has 0 saturated heterocycles. The van der Waals surface area contributed by atoms with Gasteiger partial charge in [0.05, 0.1) is 6.54 Å². The Morgan fingerprint density at radius 2 is 2.16 bits per heavy atom. The summed E-state index contributed by atoms with van der Waals surface area (Å²) >= 11 is 0. The zero-order valence-electron chi connectivity index (χ0n) is 11.1. The molecule has 2 rings (SSSR count). The molecule has 0 aromatic heterocycles. The van der Waals surface area contributed by atoms with Crippen molar-refractivity contribution in [3.8, 4) is 11.8 Å². The summed E-state index contributed by atoms with van der Waals surface area (Å²) in [4.78, 5) is 11.9. The van der Waals surface area contributed by atoms with Crippen LogP contribution in [0.25, 0.3) is 0 Å². The highest BCUT2D eigenvalue weighted by Crippen LogP contribution is 2.27. The first-order chi connectivity index (χ1) is 9.28. The maximum Gasteiger partial charge on any atom is 0.224 e. The molecule has 0 spiro atoms. The summed E-state index contributed by atoms with van der Waals surface area (Å²) in [6.07, 6.45) is 5.55. The zero-order valence-corrected chi connectivity index (χ0v) is 11.1. The second-order valence-electron chi connectivity index (χ2n) is 4.99. The van der Waals surface area contributed by atoms with E-state index in [1.165, 1.54) is 25.7 Å². The molecule has 1 fully saturated rings. The van der Waals surface area contributed by atoms with E-state index in [2.05, 4.69) is 17.2 Å². The molecular formula is C16H20N2O. The maximum atomic E-state index is 11.9. The largest absolute Gasteiger partial charge is 0.326 e. The lowest BCUT2D eigenvalue weighted by atomic mass is 10.0. The molecule has 3 N–H and O–H groups in total. The Morgan fingerprint density at radius 1 is 1.37 bits per heavy atom. The fraction of sp³-hybridized carbons (Fsp3) is 0.438. The lowest BCUT2D eigenvalue weighted by Crippen LogP contribution is -2.15. The molecule has 0 unspecified atom stereocenters. The fourth-order valence-electron chi connectivity index (χ4n) is 2.52. The molecule has 1 saturated carbocycles. The number of nitrogens with one attached hydrogen (secondary N) is 1. The van der Waals surface area contributed by atoms with Crippen LogP contribution in [0.4, 0.5) is 5.69 Å². The van der Waals surface area contributed by atoms with E-state index in [9.17, 15) is 4.79 Å². The SMILES string of the molecule is NCC#Cc1cccc(NC(=O)CC2CCCC2)c1. The van der Waals surface area contributed by atoms with E-state index in [4.69, 9.17) is 5.73 Å². The van der Waals surface area contributed by atoms with Gasteiger partial charge in [0, 0.05) is 17.7 Å². The van der Waals surface area contributed by atoms with Crippen LogP contribution in [0.1, 0.15) is 37.7 Å². The number of anilines is 1. The van der Waals surface area contributed by atoms with Crippen LogP contribution in [0.15, 0.2) is 24.3 Å². The van der Waals surface area contributed by atoms with Crippen LogP contribution in [-0.2, 0) is 4.79 Å². The van der Waals surface area contributed by atoms with Gasteiger partial charge in [-0.3, -0.25) is 4.79 Å². The van der Waals surface area contributed by atoms with Gasteiger partial charge in [0.2, 0.25) is 5.91 Å². The van der Waals surface area contributed by atoms with E-state index in [1.54, 1.807) is 0 Å². The first-order valence-corrected chi connectivity index (χ1v) is 6.87. The summed E-state index contributed by atoms with van der Waals surface area (Å²) in [6, 6.07) is 7.58. The van der Waals surface area contributed by atoms with Gasteiger partial charge in [-0.2, -0.15) is 0 Å². The Balaban J connectivity index is 1.92. The molecule has 3 heteroatoms. The maximum absolute atomic E-state index is 11.9. The van der Waals surface area contributed by atoms with Crippen LogP contribution in [0.5, 0.6) is 0 Å². The summed E-state index contributed by atoms with van der Waals surface area (Å²) in [5, 5.41) is 2.95. The second-order valence-corrected chi connectivity index (χ2v) is 4.99. The third-order valence-electron chi connectivity index (χ3n) is 3.43. The van der Waals surface area contributed by atoms with Crippen molar-refractivity contribution in [2.45, 2.75) is 32.1 Å². The number of hydrogen-bond acceptors (Lipinski definition) is 2. The van der Waals surface area contributed by atoms with Gasteiger partial charge in [-0.25, -0.2) is 0 Å². The molecule has 1 aliphatic rings. The molecular weight excluding hydrogens is 236 g/mol. The number of amides is 1. The topological polar surface area (TPSA) is 55.1 Å². The van der Waals surface area contributed by atoms with E-state index < -0.39 is 0 Å². The smallest absolute Gasteiger partial charge is 0.224 e. The van der Waals surface area contributed by atoms with Crippen LogP contribution < -0.4 is 11.1 Å². The van der Waals surface area contributed by atoms with Crippen molar-refractivity contribution < 1.29 is 4.79 Å². The Bertz CT molecular complexity index is 493. The monoisotopic (exact) mass is 256 g/mol. The van der Waals surface area contributed by atoms with E-state index in [-0.39, 0.29) is 5.91 Å². The third kappa shape index (κ3) is 4.42. The molecule has 19 heavy (non-hydrogen) atoms. The number of carbonyl (C=O) groups excluding carboxylic acids is 1. The molecule has 1 amide bonds. The minimum atomic E-state index is 0.107. The number of nitrogens with two attached hydrogens (primary N) is 1. The highest BCUT2D eigenvalue weighted by Gasteiger charge is 2.18. The molecule has 3 nitrogen and oxygen atoms in total. The Labute approximate surface area is 114 Å². The lowest BCUT2D eigenvalue weighted by Gasteiger charge is -2.09. The molecule has 1 aromatic carbocycles. The Kier molecular flexibility index (Phi) is 5.00. The second kappa shape index (κ2) is 6.96. The van der Waals surface area contributed by atoms with Gasteiger partial charge in [0.15, 0.2) is 0 Å². The normalized spacial score (nSPS) is 14.8. The summed E-state index contributed by atoms with van der Waals surface area (Å²) in [5.41, 5.74) is 7.03. The van der Waals surface area contributed by atoms with Crippen molar-refractivity contribution in [1.29, 1.82) is 0 Å². The van der Waals surface area contributed by atoms with Crippen LogP contribution in [-0.4, -0.2) is 12.5 Å². The van der Waals surface area contributed by atoms with Gasteiger partial charge in [0.1, 0.15) is 0 Å². The molecule has 0 aliphatic heterocycles. The molecule has 0 heterocycles. The van der Waals surface area contributed by atoms with Gasteiger partial charge in [-0.15, -0.1) is 0 Å². The number of benzene rings is 1. The van der Waals surface area contributed by atoms with E-state index in [0.717, 1.165) is 11.3 Å². The van der Waals surface area contributed by atoms with Crippen molar-refractivity contribution in [2.24, 2.45) is 11.7 Å². The molecule has 1 aromatic rings. The summed E-state index contributed by atoms with van der Waals surface area (Å²) < 4.78 is 0. The van der Waals surface area contributed by atoms with Crippen molar-refractivity contribution in [2.75, 3.05) is 11.9 Å². The van der Waals surface area contributed by atoms with Crippen LogP contribution in [0.3, 0.4) is 0 Å². The highest BCUT2D eigenvalue weighted by atomic mass is 16.1. The third-order valence-corrected chi connectivity index (χ3v) is 3.43. The predicted octanol–water partition coefficient (Wildman–Crippen LogP) is 2.52. The Hall–Kier alpha value is -1.79. The van der Waals surface area contributed by atoms with E-state index in [1.807, 2.05) is 24.3 Å². The van der Waals surface area contributed by atoms with Gasteiger partial charge < -0.3 is 11.1 Å². The van der Waals surface area contributed by atoms with Crippen molar-refractivity contribution in [3.05, 3.63) is 29.8 Å². The van der Waals surface area contributed by atoms with Crippen LogP contribution >= 0.6 is 0 Å². The average molecular weight is 256 g/mol. The fourth-order valence-corrected chi connectivity index (χ4v) is 2.52. The summed E-state index contributed by atoms with van der Waals surface area (Å²) in [7, 11) is 0. The minimum Gasteiger partial charge on any atom is -0.326 e. The number of rotatable bonds is 3. The molecule has 0 bridgehead atoms. The van der Waals surface area contributed by atoms with E-state index >= 15 is 0 Å². The number of carbonyl (C=O) groups is 1. The summed E-state index contributed by atoms with van der Waals surface area (Å²) in [5.74, 6) is 6.45. The van der Waals surface area contributed by atoms with E-state index in [0.29, 0.717) is 18.9 Å².